The second kappa shape index (κ2) is 1.33. The molecule has 6 heavy (non-hydrogen) atoms. The van der Waals surface area contributed by atoms with Gasteiger partial charge in [-0.15, -0.1) is 0 Å². The summed E-state index contributed by atoms with van der Waals surface area (Å²) in [5, 5.41) is 0. The predicted octanol–water partition coefficient (Wildman–Crippen LogP) is 1.47. The van der Waals surface area contributed by atoms with Crippen molar-refractivity contribution in [1.29, 1.82) is 0 Å². The summed E-state index contributed by atoms with van der Waals surface area (Å²) in [6, 6.07) is 0. The van der Waals surface area contributed by atoms with Crippen LogP contribution < -0.4 is 0 Å². The van der Waals surface area contributed by atoms with E-state index in [2.05, 4.69) is 6.58 Å². The number of rotatable bonds is 0. The van der Waals surface area contributed by atoms with Crippen molar-refractivity contribution < 1.29 is 4.74 Å². The van der Waals surface area contributed by atoms with E-state index in [-0.39, 0.29) is 0 Å². The van der Waals surface area contributed by atoms with Crippen molar-refractivity contribution in [3.8, 4) is 0 Å². The molecule has 0 aliphatic carbocycles. The third-order valence-corrected chi connectivity index (χ3v) is 0.791. The molecule has 0 aromatic rings. The van der Waals surface area contributed by atoms with Crippen LogP contribution in [-0.2, 0) is 4.74 Å². The standard InChI is InChI=1S/C5H7O/c1-5-3-2-4-6-5/h4H,1-3H2. The monoisotopic (exact) mass is 83.0 g/mol. The van der Waals surface area contributed by atoms with Gasteiger partial charge in [-0.1, -0.05) is 6.58 Å². The molecule has 0 unspecified atom stereocenters. The van der Waals surface area contributed by atoms with Gasteiger partial charge in [-0.25, -0.2) is 0 Å². The van der Waals surface area contributed by atoms with Crippen LogP contribution in [0.25, 0.3) is 0 Å². The summed E-state index contributed by atoms with van der Waals surface area (Å²) in [4.78, 5) is 0. The molecule has 0 N–H and O–H groups in total. The minimum Gasteiger partial charge on any atom is -0.492 e. The van der Waals surface area contributed by atoms with Crippen LogP contribution in [0.15, 0.2) is 12.3 Å². The Hall–Kier alpha value is -0.460. The molecule has 1 radical (unpaired) electrons. The molecule has 0 amide bonds. The molecule has 1 nitrogen and oxygen atoms in total. The largest absolute Gasteiger partial charge is 0.492 e. The highest BCUT2D eigenvalue weighted by atomic mass is 16.5. The third kappa shape index (κ3) is 0.534. The Balaban J connectivity index is 2.37. The molecule has 1 rings (SSSR count). The summed E-state index contributed by atoms with van der Waals surface area (Å²) in [5.41, 5.74) is 0. The zero-order valence-electron chi connectivity index (χ0n) is 3.61. The first-order valence-electron chi connectivity index (χ1n) is 2.06. The molecular weight excluding hydrogens is 76.1 g/mol. The first kappa shape index (κ1) is 3.72. The Morgan fingerprint density at radius 1 is 1.83 bits per heavy atom. The molecule has 0 spiro atoms. The minimum atomic E-state index is 0.898. The molecule has 1 saturated heterocycles. The Bertz CT molecular complexity index is 58.3. The molecule has 0 aromatic carbocycles. The van der Waals surface area contributed by atoms with Gasteiger partial charge in [0.05, 0.1) is 5.76 Å². The lowest BCUT2D eigenvalue weighted by Gasteiger charge is -1.87. The molecule has 0 bridgehead atoms. The number of hydrogen-bond acceptors (Lipinski definition) is 1. The lowest BCUT2D eigenvalue weighted by atomic mass is 10.3. The van der Waals surface area contributed by atoms with Crippen molar-refractivity contribution in [2.45, 2.75) is 12.8 Å². The molecule has 1 aliphatic rings. The van der Waals surface area contributed by atoms with Gasteiger partial charge in [0.2, 0.25) is 0 Å². The summed E-state index contributed by atoms with van der Waals surface area (Å²) in [7, 11) is 0. The van der Waals surface area contributed by atoms with Gasteiger partial charge in [0, 0.05) is 6.42 Å². The predicted molar refractivity (Wildman–Crippen MR) is 23.8 cm³/mol. The van der Waals surface area contributed by atoms with E-state index >= 15 is 0 Å². The molecule has 0 saturated carbocycles. The fourth-order valence-electron chi connectivity index (χ4n) is 0.456. The number of allylic oxidation sites excluding steroid dienone is 1. The summed E-state index contributed by atoms with van der Waals surface area (Å²) < 4.78 is 4.83. The van der Waals surface area contributed by atoms with Gasteiger partial charge in [0.1, 0.15) is 6.61 Å². The average Bonchev–Trinajstić information content (AvgIpc) is 1.86. The van der Waals surface area contributed by atoms with Crippen molar-refractivity contribution in [3.05, 3.63) is 18.9 Å². The molecule has 1 heteroatoms. The van der Waals surface area contributed by atoms with Crippen molar-refractivity contribution in [2.75, 3.05) is 0 Å². The summed E-state index contributed by atoms with van der Waals surface area (Å²) >= 11 is 0. The van der Waals surface area contributed by atoms with Gasteiger partial charge in [-0.3, -0.25) is 0 Å². The smallest absolute Gasteiger partial charge is 0.135 e. The second-order valence-electron chi connectivity index (χ2n) is 1.36. The Morgan fingerprint density at radius 2 is 2.67 bits per heavy atom. The molecule has 0 atom stereocenters. The van der Waals surface area contributed by atoms with E-state index in [1.807, 2.05) is 0 Å². The van der Waals surface area contributed by atoms with Crippen molar-refractivity contribution in [1.82, 2.24) is 0 Å². The van der Waals surface area contributed by atoms with Crippen LogP contribution >= 0.6 is 0 Å². The van der Waals surface area contributed by atoms with Crippen molar-refractivity contribution in [3.63, 3.8) is 0 Å². The van der Waals surface area contributed by atoms with E-state index in [1.165, 1.54) is 0 Å². The van der Waals surface area contributed by atoms with Crippen LogP contribution in [0.4, 0.5) is 0 Å². The Kier molecular flexibility index (Phi) is 0.825. The van der Waals surface area contributed by atoms with E-state index < -0.39 is 0 Å². The topological polar surface area (TPSA) is 9.23 Å². The van der Waals surface area contributed by atoms with E-state index in [0.717, 1.165) is 18.6 Å². The highest BCUT2D eigenvalue weighted by Gasteiger charge is 2.02. The lowest BCUT2D eigenvalue weighted by molar-refractivity contribution is 0.331. The van der Waals surface area contributed by atoms with Crippen molar-refractivity contribution >= 4 is 0 Å². The molecular formula is C5H7O. The van der Waals surface area contributed by atoms with E-state index in [9.17, 15) is 0 Å². The van der Waals surface area contributed by atoms with Crippen LogP contribution in [0.3, 0.4) is 0 Å². The lowest BCUT2D eigenvalue weighted by Crippen LogP contribution is -1.66. The average molecular weight is 83.1 g/mol. The van der Waals surface area contributed by atoms with Crippen molar-refractivity contribution in [2.24, 2.45) is 0 Å². The van der Waals surface area contributed by atoms with Gasteiger partial charge in [0.25, 0.3) is 0 Å². The highest BCUT2D eigenvalue weighted by molar-refractivity contribution is 4.90. The van der Waals surface area contributed by atoms with Crippen LogP contribution in [0.1, 0.15) is 12.8 Å². The van der Waals surface area contributed by atoms with Gasteiger partial charge in [-0.05, 0) is 6.42 Å². The van der Waals surface area contributed by atoms with Gasteiger partial charge >= 0.3 is 0 Å². The number of ether oxygens (including phenoxy) is 1. The normalized spacial score (nSPS) is 21.0. The van der Waals surface area contributed by atoms with E-state index in [0.29, 0.717) is 0 Å². The summed E-state index contributed by atoms with van der Waals surface area (Å²) in [6.45, 7) is 5.38. The Morgan fingerprint density at radius 3 is 2.83 bits per heavy atom. The van der Waals surface area contributed by atoms with Gasteiger partial charge < -0.3 is 4.74 Å². The van der Waals surface area contributed by atoms with Gasteiger partial charge in [0.15, 0.2) is 0 Å². The first-order valence-corrected chi connectivity index (χ1v) is 2.06. The highest BCUT2D eigenvalue weighted by Crippen LogP contribution is 2.15. The molecule has 0 aromatic heterocycles. The zero-order chi connectivity index (χ0) is 4.41. The first-order chi connectivity index (χ1) is 2.89. The molecule has 1 heterocycles. The van der Waals surface area contributed by atoms with Crippen LogP contribution in [0.2, 0.25) is 0 Å². The third-order valence-electron chi connectivity index (χ3n) is 0.791. The van der Waals surface area contributed by atoms with E-state index in [4.69, 9.17) is 4.74 Å². The maximum absolute atomic E-state index is 4.83. The molecule has 1 aliphatic heterocycles. The second-order valence-corrected chi connectivity index (χ2v) is 1.36. The van der Waals surface area contributed by atoms with Crippen LogP contribution in [-0.4, -0.2) is 0 Å². The maximum atomic E-state index is 4.83. The molecule has 33 valence electrons. The quantitative estimate of drug-likeness (QED) is 0.431. The fraction of sp³-hybridized carbons (Fsp3) is 0.400. The maximum Gasteiger partial charge on any atom is 0.135 e. The van der Waals surface area contributed by atoms with Crippen LogP contribution in [0.5, 0.6) is 0 Å². The fourth-order valence-corrected chi connectivity index (χ4v) is 0.456. The molecule has 1 fully saturated rings. The van der Waals surface area contributed by atoms with Gasteiger partial charge in [-0.2, -0.15) is 0 Å². The summed E-state index contributed by atoms with van der Waals surface area (Å²) in [5.74, 6) is 0.898. The minimum absolute atomic E-state index is 0.898. The van der Waals surface area contributed by atoms with E-state index in [1.54, 1.807) is 6.61 Å². The SMILES string of the molecule is C=C1CC[CH]O1. The summed E-state index contributed by atoms with van der Waals surface area (Å²) in [6.07, 6.45) is 2.05. The number of hydrogen-bond donors (Lipinski definition) is 0. The Labute approximate surface area is 37.6 Å². The van der Waals surface area contributed by atoms with Crippen LogP contribution in [0, 0.1) is 6.61 Å². The zero-order valence-corrected chi connectivity index (χ0v) is 3.61.